The van der Waals surface area contributed by atoms with Crippen LogP contribution in [0.2, 0.25) is 0 Å². The van der Waals surface area contributed by atoms with E-state index in [9.17, 15) is 9.59 Å². The molecule has 1 atom stereocenters. The standard InChI is InChI=1S/C10H21N3O2S/c1-8(11)3-6-16-7-10(15)13-5-4-12-9(2)14/h8H,3-7,11H2,1-2H3,(H,12,14)(H,13,15). The number of hydrogen-bond acceptors (Lipinski definition) is 4. The van der Waals surface area contributed by atoms with Crippen LogP contribution in [0.5, 0.6) is 0 Å². The molecule has 2 amide bonds. The van der Waals surface area contributed by atoms with Crippen molar-refractivity contribution in [3.8, 4) is 0 Å². The van der Waals surface area contributed by atoms with Crippen molar-refractivity contribution in [2.45, 2.75) is 26.3 Å². The molecule has 0 heterocycles. The van der Waals surface area contributed by atoms with E-state index < -0.39 is 0 Å². The summed E-state index contributed by atoms with van der Waals surface area (Å²) in [5.41, 5.74) is 5.58. The molecular formula is C10H21N3O2S. The number of amides is 2. The number of thioether (sulfide) groups is 1. The summed E-state index contributed by atoms with van der Waals surface area (Å²) < 4.78 is 0. The number of rotatable bonds is 8. The van der Waals surface area contributed by atoms with Gasteiger partial charge in [0, 0.05) is 26.1 Å². The molecule has 0 saturated carbocycles. The predicted octanol–water partition coefficient (Wildman–Crippen LogP) is -0.291. The summed E-state index contributed by atoms with van der Waals surface area (Å²) in [6.45, 7) is 4.36. The zero-order valence-electron chi connectivity index (χ0n) is 9.91. The lowest BCUT2D eigenvalue weighted by Gasteiger charge is -2.06. The Hall–Kier alpha value is -0.750. The monoisotopic (exact) mass is 247 g/mol. The number of carbonyl (C=O) groups is 2. The smallest absolute Gasteiger partial charge is 0.230 e. The largest absolute Gasteiger partial charge is 0.355 e. The van der Waals surface area contributed by atoms with Crippen LogP contribution >= 0.6 is 11.8 Å². The quantitative estimate of drug-likeness (QED) is 0.515. The van der Waals surface area contributed by atoms with E-state index in [4.69, 9.17) is 5.73 Å². The molecule has 4 N–H and O–H groups in total. The molecule has 0 spiro atoms. The van der Waals surface area contributed by atoms with Crippen molar-refractivity contribution in [2.24, 2.45) is 5.73 Å². The molecule has 0 aromatic carbocycles. The molecule has 0 fully saturated rings. The van der Waals surface area contributed by atoms with Crippen LogP contribution in [0.1, 0.15) is 20.3 Å². The summed E-state index contributed by atoms with van der Waals surface area (Å²) in [5.74, 6) is 1.27. The van der Waals surface area contributed by atoms with Gasteiger partial charge in [0.15, 0.2) is 0 Å². The maximum absolute atomic E-state index is 11.3. The summed E-state index contributed by atoms with van der Waals surface area (Å²) in [5, 5.41) is 5.33. The van der Waals surface area contributed by atoms with Crippen LogP contribution in [0.25, 0.3) is 0 Å². The van der Waals surface area contributed by atoms with E-state index in [0.29, 0.717) is 18.8 Å². The van der Waals surface area contributed by atoms with E-state index in [1.165, 1.54) is 6.92 Å². The molecule has 5 nitrogen and oxygen atoms in total. The van der Waals surface area contributed by atoms with Gasteiger partial charge in [-0.15, -0.1) is 0 Å². The summed E-state index contributed by atoms with van der Waals surface area (Å²) in [6.07, 6.45) is 0.920. The zero-order valence-corrected chi connectivity index (χ0v) is 10.7. The molecule has 16 heavy (non-hydrogen) atoms. The lowest BCUT2D eigenvalue weighted by molar-refractivity contribution is -0.120. The Balaban J connectivity index is 3.28. The van der Waals surface area contributed by atoms with Crippen molar-refractivity contribution in [3.63, 3.8) is 0 Å². The van der Waals surface area contributed by atoms with Gasteiger partial charge in [-0.3, -0.25) is 9.59 Å². The number of carbonyl (C=O) groups excluding carboxylic acids is 2. The molecular weight excluding hydrogens is 226 g/mol. The minimum Gasteiger partial charge on any atom is -0.355 e. The Kier molecular flexibility index (Phi) is 9.03. The van der Waals surface area contributed by atoms with Gasteiger partial charge in [-0.2, -0.15) is 11.8 Å². The molecule has 0 aliphatic carbocycles. The van der Waals surface area contributed by atoms with Gasteiger partial charge in [-0.25, -0.2) is 0 Å². The van der Waals surface area contributed by atoms with E-state index in [2.05, 4.69) is 10.6 Å². The van der Waals surface area contributed by atoms with E-state index in [-0.39, 0.29) is 17.9 Å². The lowest BCUT2D eigenvalue weighted by atomic mass is 10.3. The Morgan fingerprint density at radius 3 is 2.50 bits per heavy atom. The SMILES string of the molecule is CC(=O)NCCNC(=O)CSCCC(C)N. The molecule has 0 rings (SSSR count). The first-order chi connectivity index (χ1) is 7.52. The van der Waals surface area contributed by atoms with Gasteiger partial charge in [-0.1, -0.05) is 0 Å². The first-order valence-electron chi connectivity index (χ1n) is 5.37. The van der Waals surface area contributed by atoms with Gasteiger partial charge in [-0.05, 0) is 19.1 Å². The summed E-state index contributed by atoms with van der Waals surface area (Å²) >= 11 is 1.57. The van der Waals surface area contributed by atoms with Crippen LogP contribution in [0.3, 0.4) is 0 Å². The second kappa shape index (κ2) is 9.47. The van der Waals surface area contributed by atoms with Gasteiger partial charge in [0.2, 0.25) is 11.8 Å². The molecule has 1 unspecified atom stereocenters. The van der Waals surface area contributed by atoms with E-state index in [0.717, 1.165) is 12.2 Å². The van der Waals surface area contributed by atoms with Crippen molar-refractivity contribution in [3.05, 3.63) is 0 Å². The molecule has 0 aliphatic heterocycles. The molecule has 0 radical (unpaired) electrons. The predicted molar refractivity (Wildman–Crippen MR) is 67.3 cm³/mol. The van der Waals surface area contributed by atoms with Crippen LogP contribution < -0.4 is 16.4 Å². The van der Waals surface area contributed by atoms with Crippen molar-refractivity contribution in [1.29, 1.82) is 0 Å². The van der Waals surface area contributed by atoms with Crippen LogP contribution in [-0.4, -0.2) is 42.5 Å². The fraction of sp³-hybridized carbons (Fsp3) is 0.800. The summed E-state index contributed by atoms with van der Waals surface area (Å²) in [6, 6.07) is 0.190. The average Bonchev–Trinajstić information content (AvgIpc) is 2.19. The summed E-state index contributed by atoms with van der Waals surface area (Å²) in [7, 11) is 0. The van der Waals surface area contributed by atoms with Gasteiger partial charge in [0.25, 0.3) is 0 Å². The fourth-order valence-electron chi connectivity index (χ4n) is 0.926. The Morgan fingerprint density at radius 2 is 1.94 bits per heavy atom. The molecule has 0 aliphatic rings. The average molecular weight is 247 g/mol. The van der Waals surface area contributed by atoms with E-state index in [1.807, 2.05) is 6.92 Å². The number of nitrogens with one attached hydrogen (secondary N) is 2. The zero-order chi connectivity index (χ0) is 12.4. The Labute approximate surface area is 101 Å². The fourth-order valence-corrected chi connectivity index (χ4v) is 1.90. The molecule has 6 heteroatoms. The maximum atomic E-state index is 11.3. The lowest BCUT2D eigenvalue weighted by Crippen LogP contribution is -2.34. The van der Waals surface area contributed by atoms with Gasteiger partial charge < -0.3 is 16.4 Å². The third-order valence-corrected chi connectivity index (χ3v) is 2.76. The van der Waals surface area contributed by atoms with Crippen LogP contribution in [0, 0.1) is 0 Å². The maximum Gasteiger partial charge on any atom is 0.230 e. The molecule has 0 saturated heterocycles. The second-order valence-corrected chi connectivity index (χ2v) is 4.76. The van der Waals surface area contributed by atoms with Gasteiger partial charge in [0.1, 0.15) is 0 Å². The van der Waals surface area contributed by atoms with E-state index >= 15 is 0 Å². The first-order valence-corrected chi connectivity index (χ1v) is 6.52. The third kappa shape index (κ3) is 11.3. The van der Waals surface area contributed by atoms with Crippen molar-refractivity contribution < 1.29 is 9.59 Å². The van der Waals surface area contributed by atoms with Crippen molar-refractivity contribution in [1.82, 2.24) is 10.6 Å². The third-order valence-electron chi connectivity index (χ3n) is 1.77. The molecule has 0 aromatic heterocycles. The highest BCUT2D eigenvalue weighted by Gasteiger charge is 2.01. The molecule has 0 bridgehead atoms. The Bertz CT molecular complexity index is 222. The highest BCUT2D eigenvalue weighted by Crippen LogP contribution is 2.02. The first kappa shape index (κ1) is 15.2. The second-order valence-electron chi connectivity index (χ2n) is 3.65. The topological polar surface area (TPSA) is 84.2 Å². The highest BCUT2D eigenvalue weighted by molar-refractivity contribution is 7.99. The summed E-state index contributed by atoms with van der Waals surface area (Å²) in [4.78, 5) is 21.8. The van der Waals surface area contributed by atoms with Crippen molar-refractivity contribution >= 4 is 23.6 Å². The van der Waals surface area contributed by atoms with Gasteiger partial charge >= 0.3 is 0 Å². The normalized spacial score (nSPS) is 11.9. The molecule has 0 aromatic rings. The van der Waals surface area contributed by atoms with E-state index in [1.54, 1.807) is 11.8 Å². The minimum absolute atomic E-state index is 0.0000246. The van der Waals surface area contributed by atoms with Crippen LogP contribution in [0.15, 0.2) is 0 Å². The van der Waals surface area contributed by atoms with Crippen molar-refractivity contribution in [2.75, 3.05) is 24.6 Å². The minimum atomic E-state index is -0.0828. The highest BCUT2D eigenvalue weighted by atomic mass is 32.2. The molecule has 94 valence electrons. The number of hydrogen-bond donors (Lipinski definition) is 3. The van der Waals surface area contributed by atoms with Crippen LogP contribution in [-0.2, 0) is 9.59 Å². The number of nitrogens with two attached hydrogens (primary N) is 1. The Morgan fingerprint density at radius 1 is 1.31 bits per heavy atom. The van der Waals surface area contributed by atoms with Crippen LogP contribution in [0.4, 0.5) is 0 Å². The van der Waals surface area contributed by atoms with Gasteiger partial charge in [0.05, 0.1) is 5.75 Å².